The lowest BCUT2D eigenvalue weighted by molar-refractivity contribution is -0.134. The van der Waals surface area contributed by atoms with E-state index in [1.807, 2.05) is 11.0 Å². The van der Waals surface area contributed by atoms with Gasteiger partial charge in [-0.1, -0.05) is 29.3 Å². The molecule has 0 atom stereocenters. The first-order chi connectivity index (χ1) is 16.9. The smallest absolute Gasteiger partial charge is 0.246 e. The molecule has 2 fully saturated rings. The predicted molar refractivity (Wildman–Crippen MR) is 135 cm³/mol. The Morgan fingerprint density at radius 1 is 1.03 bits per heavy atom. The van der Waals surface area contributed by atoms with E-state index < -0.39 is 0 Å². The molecule has 4 rings (SSSR count). The quantitative estimate of drug-likeness (QED) is 0.592. The van der Waals surface area contributed by atoms with Crippen LogP contribution in [0.4, 0.5) is 0 Å². The van der Waals surface area contributed by atoms with Gasteiger partial charge in [-0.3, -0.25) is 19.5 Å². The van der Waals surface area contributed by atoms with E-state index in [2.05, 4.69) is 10.2 Å². The van der Waals surface area contributed by atoms with Gasteiger partial charge in [-0.15, -0.1) is 0 Å². The topological polar surface area (TPSA) is 89.6 Å². The summed E-state index contributed by atoms with van der Waals surface area (Å²) in [6.45, 7) is 3.00. The van der Waals surface area contributed by atoms with Crippen molar-refractivity contribution in [1.82, 2.24) is 24.9 Å². The van der Waals surface area contributed by atoms with Gasteiger partial charge in [0.05, 0.1) is 10.0 Å². The molecule has 0 unspecified atom stereocenters. The first-order valence-electron chi connectivity index (χ1n) is 11.9. The van der Waals surface area contributed by atoms with Crippen LogP contribution >= 0.6 is 23.2 Å². The monoisotopic (exact) mass is 517 g/mol. The average molecular weight is 518 g/mol. The number of H-pyrrole nitrogens is 1. The predicted octanol–water partition coefficient (Wildman–Crippen LogP) is 3.59. The molecule has 186 valence electrons. The number of carbonyl (C=O) groups excluding carboxylic acids is 3. The van der Waals surface area contributed by atoms with Crippen molar-refractivity contribution in [2.75, 3.05) is 39.3 Å². The molecule has 1 aromatic carbocycles. The van der Waals surface area contributed by atoms with Crippen LogP contribution in [-0.2, 0) is 14.4 Å². The van der Waals surface area contributed by atoms with E-state index >= 15 is 0 Å². The Kier molecular flexibility index (Phi) is 8.46. The van der Waals surface area contributed by atoms with Crippen molar-refractivity contribution in [2.45, 2.75) is 31.6 Å². The summed E-state index contributed by atoms with van der Waals surface area (Å²) < 4.78 is 0. The van der Waals surface area contributed by atoms with Crippen molar-refractivity contribution < 1.29 is 14.4 Å². The summed E-state index contributed by atoms with van der Waals surface area (Å²) in [4.78, 5) is 43.2. The molecule has 2 saturated heterocycles. The van der Waals surface area contributed by atoms with Crippen LogP contribution in [0, 0.1) is 0 Å². The van der Waals surface area contributed by atoms with Crippen LogP contribution in [0.15, 0.2) is 36.5 Å². The van der Waals surface area contributed by atoms with Crippen LogP contribution in [0.5, 0.6) is 0 Å². The van der Waals surface area contributed by atoms with Crippen LogP contribution in [-0.4, -0.2) is 81.9 Å². The Morgan fingerprint density at radius 3 is 2.54 bits per heavy atom. The number of rotatable bonds is 6. The lowest BCUT2D eigenvalue weighted by Gasteiger charge is -2.32. The van der Waals surface area contributed by atoms with Crippen LogP contribution in [0.25, 0.3) is 6.08 Å². The van der Waals surface area contributed by atoms with Crippen LogP contribution in [0.3, 0.4) is 0 Å². The normalized spacial score (nSPS) is 17.8. The summed E-state index contributed by atoms with van der Waals surface area (Å²) in [5, 5.41) is 7.92. The Morgan fingerprint density at radius 2 is 1.83 bits per heavy atom. The van der Waals surface area contributed by atoms with E-state index in [1.54, 1.807) is 40.3 Å². The maximum Gasteiger partial charge on any atom is 0.246 e. The lowest BCUT2D eigenvalue weighted by Crippen LogP contribution is -2.41. The van der Waals surface area contributed by atoms with E-state index in [9.17, 15) is 14.4 Å². The summed E-state index contributed by atoms with van der Waals surface area (Å²) in [7, 11) is 0. The third kappa shape index (κ3) is 6.64. The van der Waals surface area contributed by atoms with Gasteiger partial charge in [0.1, 0.15) is 0 Å². The van der Waals surface area contributed by atoms with Gasteiger partial charge in [-0.2, -0.15) is 5.10 Å². The highest BCUT2D eigenvalue weighted by molar-refractivity contribution is 6.42. The summed E-state index contributed by atoms with van der Waals surface area (Å²) in [5.41, 5.74) is 1.89. The number of piperidine rings is 1. The lowest BCUT2D eigenvalue weighted by atomic mass is 9.93. The number of aromatic amines is 1. The maximum atomic E-state index is 12.7. The zero-order valence-electron chi connectivity index (χ0n) is 19.5. The van der Waals surface area contributed by atoms with Crippen molar-refractivity contribution >= 4 is 47.0 Å². The van der Waals surface area contributed by atoms with E-state index in [0.717, 1.165) is 24.1 Å². The number of hydrogen-bond donors (Lipinski definition) is 1. The minimum absolute atomic E-state index is 0.0282. The molecule has 0 radical (unpaired) electrons. The second-order valence-electron chi connectivity index (χ2n) is 8.88. The van der Waals surface area contributed by atoms with Gasteiger partial charge < -0.3 is 14.7 Å². The SMILES string of the molecule is O=C(C=Cc1ccc(Cl)c(Cl)c1)N1CCC(=O)N(CCC(=O)N2CCC(c3ccn[nH]3)CC2)CC1. The number of aromatic nitrogens is 2. The molecular formula is C25H29Cl2N5O3. The molecule has 0 aliphatic carbocycles. The standard InChI is InChI=1S/C25H29Cl2N5O3/c26-20-3-1-18(17-21(20)27)2-4-23(33)31-13-9-25(35)32(16-15-31)14-8-24(34)30-11-6-19(7-12-30)22-5-10-28-29-22/h1-5,10,17,19H,6-9,11-16H2,(H,28,29). The number of likely N-dealkylation sites (tertiary alicyclic amines) is 1. The van der Waals surface area contributed by atoms with Crippen LogP contribution in [0.2, 0.25) is 10.0 Å². The molecule has 0 spiro atoms. The van der Waals surface area contributed by atoms with Crippen molar-refractivity contribution in [3.05, 3.63) is 57.8 Å². The van der Waals surface area contributed by atoms with Gasteiger partial charge in [0, 0.05) is 76.0 Å². The third-order valence-electron chi connectivity index (χ3n) is 6.67. The summed E-state index contributed by atoms with van der Waals surface area (Å²) in [6, 6.07) is 7.14. The number of nitrogens with one attached hydrogen (secondary N) is 1. The molecule has 35 heavy (non-hydrogen) atoms. The Labute approximate surface area is 214 Å². The number of hydrogen-bond acceptors (Lipinski definition) is 4. The maximum absolute atomic E-state index is 12.7. The molecule has 2 aliphatic heterocycles. The van der Waals surface area contributed by atoms with E-state index in [4.69, 9.17) is 23.2 Å². The molecule has 3 amide bonds. The summed E-state index contributed by atoms with van der Waals surface area (Å²) >= 11 is 12.0. The van der Waals surface area contributed by atoms with Crippen molar-refractivity contribution in [3.63, 3.8) is 0 Å². The van der Waals surface area contributed by atoms with E-state index in [-0.39, 0.29) is 24.1 Å². The van der Waals surface area contributed by atoms with Gasteiger partial charge in [-0.05, 0) is 42.7 Å². The molecule has 8 nitrogen and oxygen atoms in total. The molecule has 0 saturated carbocycles. The second-order valence-corrected chi connectivity index (χ2v) is 9.69. The van der Waals surface area contributed by atoms with Gasteiger partial charge in [0.15, 0.2) is 0 Å². The minimum Gasteiger partial charge on any atom is -0.343 e. The summed E-state index contributed by atoms with van der Waals surface area (Å²) in [6.07, 6.45) is 7.28. The third-order valence-corrected chi connectivity index (χ3v) is 7.41. The largest absolute Gasteiger partial charge is 0.343 e. The highest BCUT2D eigenvalue weighted by Gasteiger charge is 2.27. The zero-order valence-corrected chi connectivity index (χ0v) is 21.0. The molecule has 2 aromatic rings. The highest BCUT2D eigenvalue weighted by Crippen LogP contribution is 2.26. The van der Waals surface area contributed by atoms with Crippen LogP contribution < -0.4 is 0 Å². The Bertz CT molecular complexity index is 1080. The molecule has 1 aromatic heterocycles. The van der Waals surface area contributed by atoms with Gasteiger partial charge in [-0.25, -0.2) is 0 Å². The molecule has 2 aliphatic rings. The molecule has 0 bridgehead atoms. The van der Waals surface area contributed by atoms with Crippen molar-refractivity contribution in [3.8, 4) is 0 Å². The molecular weight excluding hydrogens is 489 g/mol. The van der Waals surface area contributed by atoms with Crippen LogP contribution in [0.1, 0.15) is 42.9 Å². The first-order valence-corrected chi connectivity index (χ1v) is 12.6. The fourth-order valence-electron chi connectivity index (χ4n) is 4.54. The highest BCUT2D eigenvalue weighted by atomic mass is 35.5. The number of halogens is 2. The molecule has 10 heteroatoms. The number of nitrogens with zero attached hydrogens (tertiary/aromatic N) is 4. The van der Waals surface area contributed by atoms with Crippen molar-refractivity contribution in [1.29, 1.82) is 0 Å². The fourth-order valence-corrected chi connectivity index (χ4v) is 4.84. The minimum atomic E-state index is -0.165. The molecule has 3 heterocycles. The Balaban J connectivity index is 1.23. The zero-order chi connectivity index (χ0) is 24.8. The van der Waals surface area contributed by atoms with Gasteiger partial charge >= 0.3 is 0 Å². The average Bonchev–Trinajstić information content (AvgIpc) is 3.34. The van der Waals surface area contributed by atoms with E-state index in [0.29, 0.717) is 61.7 Å². The first kappa shape index (κ1) is 25.3. The number of carbonyl (C=O) groups is 3. The summed E-state index contributed by atoms with van der Waals surface area (Å²) in [5.74, 6) is 0.284. The van der Waals surface area contributed by atoms with Gasteiger partial charge in [0.2, 0.25) is 17.7 Å². The number of amides is 3. The van der Waals surface area contributed by atoms with E-state index in [1.165, 1.54) is 6.08 Å². The number of benzene rings is 1. The second kappa shape index (κ2) is 11.7. The fraction of sp³-hybridized carbons (Fsp3) is 0.440. The molecule has 1 N–H and O–H groups in total. The Hall–Kier alpha value is -2.84. The van der Waals surface area contributed by atoms with Crippen molar-refractivity contribution in [2.24, 2.45) is 0 Å². The van der Waals surface area contributed by atoms with Gasteiger partial charge in [0.25, 0.3) is 0 Å².